The van der Waals surface area contributed by atoms with Gasteiger partial charge in [-0.2, -0.15) is 4.31 Å². The minimum absolute atomic E-state index is 0.351. The van der Waals surface area contributed by atoms with Crippen molar-refractivity contribution in [3.05, 3.63) is 24.3 Å². The van der Waals surface area contributed by atoms with Crippen LogP contribution in [-0.2, 0) is 10.0 Å². The highest BCUT2D eigenvalue weighted by Gasteiger charge is 2.29. The van der Waals surface area contributed by atoms with Gasteiger partial charge in [0.05, 0.1) is 11.5 Å². The van der Waals surface area contributed by atoms with E-state index in [1.165, 1.54) is 0 Å². The summed E-state index contributed by atoms with van der Waals surface area (Å²) in [7, 11) is -1.51. The molecule has 136 valence electrons. The predicted octanol–water partition coefficient (Wildman–Crippen LogP) is 2.73. The first-order chi connectivity index (χ1) is 11.4. The zero-order valence-electron chi connectivity index (χ0n) is 15.0. The molecule has 1 aliphatic heterocycles. The Morgan fingerprint density at radius 1 is 1.29 bits per heavy atom. The highest BCUT2D eigenvalue weighted by Crippen LogP contribution is 2.25. The molecule has 1 heterocycles. The van der Waals surface area contributed by atoms with Crippen molar-refractivity contribution in [1.82, 2.24) is 9.62 Å². The Labute approximate surface area is 146 Å². The molecule has 24 heavy (non-hydrogen) atoms. The van der Waals surface area contributed by atoms with Crippen molar-refractivity contribution in [2.45, 2.75) is 38.0 Å². The normalized spacial score (nSPS) is 19.6. The highest BCUT2D eigenvalue weighted by molar-refractivity contribution is 7.89. The molecule has 0 aromatic heterocycles. The lowest BCUT2D eigenvalue weighted by Crippen LogP contribution is -2.42. The summed E-state index contributed by atoms with van der Waals surface area (Å²) >= 11 is 0. The summed E-state index contributed by atoms with van der Waals surface area (Å²) in [5, 5.41) is 3.15. The van der Waals surface area contributed by atoms with E-state index in [1.807, 2.05) is 7.05 Å². The van der Waals surface area contributed by atoms with Crippen LogP contribution in [0.1, 0.15) is 33.1 Å². The molecule has 1 saturated heterocycles. The van der Waals surface area contributed by atoms with Gasteiger partial charge in [-0.3, -0.25) is 0 Å². The quantitative estimate of drug-likeness (QED) is 0.780. The van der Waals surface area contributed by atoms with Crippen LogP contribution in [0.5, 0.6) is 5.75 Å². The summed E-state index contributed by atoms with van der Waals surface area (Å²) in [4.78, 5) is 0.351. The maximum Gasteiger partial charge on any atom is 0.243 e. The van der Waals surface area contributed by atoms with Gasteiger partial charge in [0, 0.05) is 13.1 Å². The summed E-state index contributed by atoms with van der Waals surface area (Å²) < 4.78 is 32.9. The Morgan fingerprint density at radius 3 is 2.62 bits per heavy atom. The van der Waals surface area contributed by atoms with Gasteiger partial charge in [-0.15, -0.1) is 0 Å². The summed E-state index contributed by atoms with van der Waals surface area (Å²) in [6.45, 7) is 7.01. The number of rotatable bonds is 8. The maximum absolute atomic E-state index is 12.8. The molecule has 1 aromatic carbocycles. The molecule has 1 aliphatic rings. The number of nitrogens with one attached hydrogen (secondary N) is 1. The zero-order valence-corrected chi connectivity index (χ0v) is 15.8. The van der Waals surface area contributed by atoms with E-state index in [2.05, 4.69) is 19.2 Å². The summed E-state index contributed by atoms with van der Waals surface area (Å²) in [6, 6.07) is 6.81. The van der Waals surface area contributed by atoms with Crippen molar-refractivity contribution in [1.29, 1.82) is 0 Å². The number of sulfonamides is 1. The van der Waals surface area contributed by atoms with Gasteiger partial charge in [-0.25, -0.2) is 8.42 Å². The summed E-state index contributed by atoms with van der Waals surface area (Å²) in [5.41, 5.74) is 0. The van der Waals surface area contributed by atoms with Crippen molar-refractivity contribution in [2.75, 3.05) is 33.3 Å². The molecule has 1 fully saturated rings. The Hall–Kier alpha value is -1.11. The number of ether oxygens (including phenoxy) is 1. The fraction of sp³-hybridized carbons (Fsp3) is 0.667. The molecule has 0 aliphatic carbocycles. The average Bonchev–Trinajstić information content (AvgIpc) is 2.55. The van der Waals surface area contributed by atoms with Crippen molar-refractivity contribution in [3.63, 3.8) is 0 Å². The van der Waals surface area contributed by atoms with Crippen LogP contribution in [-0.4, -0.2) is 46.0 Å². The lowest BCUT2D eigenvalue weighted by atomic mass is 10.00. The molecule has 0 saturated carbocycles. The van der Waals surface area contributed by atoms with Crippen molar-refractivity contribution >= 4 is 10.0 Å². The van der Waals surface area contributed by atoms with Crippen LogP contribution in [0.25, 0.3) is 0 Å². The smallest absolute Gasteiger partial charge is 0.243 e. The number of hydrogen-bond acceptors (Lipinski definition) is 4. The maximum atomic E-state index is 12.8. The van der Waals surface area contributed by atoms with Crippen LogP contribution in [0.3, 0.4) is 0 Å². The largest absolute Gasteiger partial charge is 0.494 e. The second kappa shape index (κ2) is 8.83. The Kier molecular flexibility index (Phi) is 7.07. The van der Waals surface area contributed by atoms with Crippen LogP contribution in [0, 0.1) is 11.8 Å². The summed E-state index contributed by atoms with van der Waals surface area (Å²) in [6.07, 6.45) is 2.98. The van der Waals surface area contributed by atoms with E-state index in [0.29, 0.717) is 36.4 Å². The third-order valence-electron chi connectivity index (χ3n) is 4.40. The molecule has 1 unspecified atom stereocenters. The zero-order chi connectivity index (χ0) is 17.6. The van der Waals surface area contributed by atoms with E-state index >= 15 is 0 Å². The minimum Gasteiger partial charge on any atom is -0.494 e. The van der Waals surface area contributed by atoms with E-state index in [1.54, 1.807) is 28.6 Å². The fourth-order valence-corrected chi connectivity index (χ4v) is 4.52. The molecular formula is C18H30N2O3S. The molecular weight excluding hydrogens is 324 g/mol. The van der Waals surface area contributed by atoms with Gasteiger partial charge in [0.1, 0.15) is 5.75 Å². The average molecular weight is 355 g/mol. The standard InChI is InChI=1S/C18H30N2O3S/c1-15(2)10-12-23-17-6-8-18(9-7-17)24(21,22)20-11-4-5-16(14-20)13-19-3/h6-9,15-16,19H,4-5,10-14H2,1-3H3. The third-order valence-corrected chi connectivity index (χ3v) is 6.28. The molecule has 0 amide bonds. The molecule has 1 atom stereocenters. The van der Waals surface area contributed by atoms with Gasteiger partial charge >= 0.3 is 0 Å². The van der Waals surface area contributed by atoms with Crippen LogP contribution >= 0.6 is 0 Å². The van der Waals surface area contributed by atoms with Crippen LogP contribution in [0.15, 0.2) is 29.2 Å². The topological polar surface area (TPSA) is 58.6 Å². The first kappa shape index (κ1) is 19.2. The highest BCUT2D eigenvalue weighted by atomic mass is 32.2. The second-order valence-electron chi connectivity index (χ2n) is 6.93. The third kappa shape index (κ3) is 5.19. The van der Waals surface area contributed by atoms with Gasteiger partial charge in [-0.1, -0.05) is 13.8 Å². The lowest BCUT2D eigenvalue weighted by molar-refractivity contribution is 0.263. The number of piperidine rings is 1. The Morgan fingerprint density at radius 2 is 2.00 bits per heavy atom. The van der Waals surface area contributed by atoms with E-state index in [9.17, 15) is 8.42 Å². The van der Waals surface area contributed by atoms with Crippen LogP contribution < -0.4 is 10.1 Å². The predicted molar refractivity (Wildman–Crippen MR) is 96.8 cm³/mol. The van der Waals surface area contributed by atoms with Crippen molar-refractivity contribution in [2.24, 2.45) is 11.8 Å². The van der Waals surface area contributed by atoms with E-state index in [0.717, 1.165) is 31.6 Å². The summed E-state index contributed by atoms with van der Waals surface area (Å²) in [5.74, 6) is 1.70. The SMILES string of the molecule is CNCC1CCCN(S(=O)(=O)c2ccc(OCCC(C)C)cc2)C1. The number of benzene rings is 1. The van der Waals surface area contributed by atoms with E-state index < -0.39 is 10.0 Å². The lowest BCUT2D eigenvalue weighted by Gasteiger charge is -2.31. The number of nitrogens with zero attached hydrogens (tertiary/aromatic N) is 1. The Bertz CT molecular complexity index is 597. The molecule has 6 heteroatoms. The van der Waals surface area contributed by atoms with Crippen LogP contribution in [0.2, 0.25) is 0 Å². The van der Waals surface area contributed by atoms with Gasteiger partial charge in [0.25, 0.3) is 0 Å². The van der Waals surface area contributed by atoms with Gasteiger partial charge in [0.2, 0.25) is 10.0 Å². The molecule has 1 aromatic rings. The van der Waals surface area contributed by atoms with Gasteiger partial charge < -0.3 is 10.1 Å². The molecule has 5 nitrogen and oxygen atoms in total. The molecule has 0 bridgehead atoms. The molecule has 1 N–H and O–H groups in total. The second-order valence-corrected chi connectivity index (χ2v) is 8.87. The van der Waals surface area contributed by atoms with E-state index in [-0.39, 0.29) is 0 Å². The molecule has 2 rings (SSSR count). The molecule has 0 spiro atoms. The van der Waals surface area contributed by atoms with Crippen molar-refractivity contribution in [3.8, 4) is 5.75 Å². The molecule has 0 radical (unpaired) electrons. The minimum atomic E-state index is -3.41. The Balaban J connectivity index is 2.01. The van der Waals surface area contributed by atoms with Gasteiger partial charge in [-0.05, 0) is 69.0 Å². The van der Waals surface area contributed by atoms with Crippen molar-refractivity contribution < 1.29 is 13.2 Å². The fourth-order valence-electron chi connectivity index (χ4n) is 2.97. The van der Waals surface area contributed by atoms with E-state index in [4.69, 9.17) is 4.74 Å². The monoisotopic (exact) mass is 354 g/mol. The van der Waals surface area contributed by atoms with Crippen LogP contribution in [0.4, 0.5) is 0 Å². The first-order valence-electron chi connectivity index (χ1n) is 8.81. The first-order valence-corrected chi connectivity index (χ1v) is 10.2. The van der Waals surface area contributed by atoms with Gasteiger partial charge in [0.15, 0.2) is 0 Å². The number of hydrogen-bond donors (Lipinski definition) is 1.